The van der Waals surface area contributed by atoms with Crippen molar-refractivity contribution in [1.82, 2.24) is 4.72 Å². The van der Waals surface area contributed by atoms with Crippen LogP contribution in [0.5, 0.6) is 0 Å². The molecule has 3 N–H and O–H groups in total. The van der Waals surface area contributed by atoms with Gasteiger partial charge in [-0.25, -0.2) is 13.1 Å². The van der Waals surface area contributed by atoms with Gasteiger partial charge in [-0.1, -0.05) is 11.6 Å². The fourth-order valence-corrected chi connectivity index (χ4v) is 2.77. The molecule has 0 spiro atoms. The van der Waals surface area contributed by atoms with Gasteiger partial charge in [-0.3, -0.25) is 0 Å². The van der Waals surface area contributed by atoms with Gasteiger partial charge in [0.15, 0.2) is 0 Å². The van der Waals surface area contributed by atoms with Gasteiger partial charge in [0.25, 0.3) is 0 Å². The maximum atomic E-state index is 11.9. The van der Waals surface area contributed by atoms with Crippen LogP contribution in [0.3, 0.4) is 0 Å². The zero-order valence-corrected chi connectivity index (χ0v) is 11.4. The molecule has 0 amide bonds. The van der Waals surface area contributed by atoms with E-state index in [4.69, 9.17) is 23.8 Å². The second-order valence-corrected chi connectivity index (χ2v) is 5.91. The minimum Gasteiger partial charge on any atom is -0.398 e. The van der Waals surface area contributed by atoms with Gasteiger partial charge in [0.2, 0.25) is 10.0 Å². The van der Waals surface area contributed by atoms with Crippen molar-refractivity contribution in [2.45, 2.75) is 24.2 Å². The first kappa shape index (κ1) is 14.8. The van der Waals surface area contributed by atoms with E-state index in [1.165, 1.54) is 18.2 Å². The van der Waals surface area contributed by atoms with Crippen LogP contribution in [0.1, 0.15) is 19.3 Å². The third-order valence-corrected chi connectivity index (χ3v) is 4.07. The molecule has 4 nitrogen and oxygen atoms in total. The first-order valence-electron chi connectivity index (χ1n) is 5.45. The van der Waals surface area contributed by atoms with Crippen molar-refractivity contribution < 1.29 is 8.42 Å². The van der Waals surface area contributed by atoms with Crippen molar-refractivity contribution in [1.29, 1.82) is 0 Å². The number of halogens is 1. The Labute approximate surface area is 113 Å². The molecule has 98 valence electrons. The lowest BCUT2D eigenvalue weighted by Gasteiger charge is -2.08. The molecule has 0 fully saturated rings. The van der Waals surface area contributed by atoms with E-state index >= 15 is 0 Å². The summed E-state index contributed by atoms with van der Waals surface area (Å²) in [4.78, 5) is 0.0452. The summed E-state index contributed by atoms with van der Waals surface area (Å²) in [6.07, 6.45) is 7.23. The van der Waals surface area contributed by atoms with Crippen molar-refractivity contribution in [3.8, 4) is 12.3 Å². The van der Waals surface area contributed by atoms with Crippen LogP contribution >= 0.6 is 11.6 Å². The van der Waals surface area contributed by atoms with Crippen molar-refractivity contribution in [3.63, 3.8) is 0 Å². The highest BCUT2D eigenvalue weighted by Gasteiger charge is 2.16. The maximum Gasteiger partial charge on any atom is 0.242 e. The molecule has 18 heavy (non-hydrogen) atoms. The van der Waals surface area contributed by atoms with Gasteiger partial charge in [0, 0.05) is 18.0 Å². The average molecular weight is 287 g/mol. The molecule has 0 aliphatic heterocycles. The lowest BCUT2D eigenvalue weighted by Crippen LogP contribution is -2.25. The Hall–Kier alpha value is -1.22. The molecule has 0 radical (unpaired) electrons. The summed E-state index contributed by atoms with van der Waals surface area (Å²) >= 11 is 5.71. The van der Waals surface area contributed by atoms with E-state index in [0.29, 0.717) is 24.4 Å². The molecule has 0 atom stereocenters. The Morgan fingerprint density at radius 1 is 1.39 bits per heavy atom. The van der Waals surface area contributed by atoms with Gasteiger partial charge in [-0.05, 0) is 31.0 Å². The molecule has 0 aromatic heterocycles. The van der Waals surface area contributed by atoms with E-state index in [0.717, 1.165) is 6.42 Å². The normalized spacial score (nSPS) is 11.1. The van der Waals surface area contributed by atoms with Crippen molar-refractivity contribution in [2.75, 3.05) is 12.3 Å². The summed E-state index contributed by atoms with van der Waals surface area (Å²) in [5.41, 5.74) is 5.77. The minimum atomic E-state index is -3.58. The van der Waals surface area contributed by atoms with Crippen LogP contribution in [0.15, 0.2) is 23.1 Å². The smallest absolute Gasteiger partial charge is 0.242 e. The number of terminal acetylenes is 1. The number of benzene rings is 1. The Morgan fingerprint density at radius 3 is 2.72 bits per heavy atom. The molecule has 0 bridgehead atoms. The Morgan fingerprint density at radius 2 is 2.11 bits per heavy atom. The van der Waals surface area contributed by atoms with E-state index in [1.54, 1.807) is 0 Å². The van der Waals surface area contributed by atoms with Gasteiger partial charge >= 0.3 is 0 Å². The summed E-state index contributed by atoms with van der Waals surface area (Å²) < 4.78 is 26.3. The van der Waals surface area contributed by atoms with E-state index < -0.39 is 10.0 Å². The zero-order chi connectivity index (χ0) is 13.6. The monoisotopic (exact) mass is 286 g/mol. The van der Waals surface area contributed by atoms with Crippen molar-refractivity contribution >= 4 is 27.3 Å². The molecular weight excluding hydrogens is 272 g/mol. The minimum absolute atomic E-state index is 0.0452. The molecule has 1 aromatic carbocycles. The van der Waals surface area contributed by atoms with Crippen LogP contribution in [0.25, 0.3) is 0 Å². The van der Waals surface area contributed by atoms with Gasteiger partial charge < -0.3 is 5.73 Å². The molecule has 6 heteroatoms. The molecule has 1 rings (SSSR count). The van der Waals surface area contributed by atoms with Gasteiger partial charge in [0.1, 0.15) is 4.90 Å². The van der Waals surface area contributed by atoms with Gasteiger partial charge in [0.05, 0.1) is 5.69 Å². The Kier molecular flexibility index (Phi) is 5.48. The number of anilines is 1. The first-order chi connectivity index (χ1) is 8.47. The number of hydrogen-bond donors (Lipinski definition) is 2. The number of sulfonamides is 1. The second-order valence-electron chi connectivity index (χ2n) is 3.74. The van der Waals surface area contributed by atoms with Gasteiger partial charge in [-0.2, -0.15) is 0 Å². The molecule has 0 saturated heterocycles. The lowest BCUT2D eigenvalue weighted by atomic mass is 10.2. The highest BCUT2D eigenvalue weighted by molar-refractivity contribution is 7.89. The Bertz CT molecular complexity index is 550. The van der Waals surface area contributed by atoms with E-state index in [2.05, 4.69) is 10.6 Å². The third kappa shape index (κ3) is 4.22. The molecule has 0 heterocycles. The third-order valence-electron chi connectivity index (χ3n) is 2.30. The highest BCUT2D eigenvalue weighted by atomic mass is 35.5. The first-order valence-corrected chi connectivity index (χ1v) is 7.31. The predicted molar refractivity (Wildman–Crippen MR) is 73.7 cm³/mol. The summed E-state index contributed by atoms with van der Waals surface area (Å²) in [5.74, 6) is 2.50. The van der Waals surface area contributed by atoms with Crippen molar-refractivity contribution in [3.05, 3.63) is 23.2 Å². The quantitative estimate of drug-likeness (QED) is 0.477. The van der Waals surface area contributed by atoms with Crippen LogP contribution in [-0.4, -0.2) is 15.0 Å². The zero-order valence-electron chi connectivity index (χ0n) is 9.82. The fourth-order valence-electron chi connectivity index (χ4n) is 1.40. The average Bonchev–Trinajstić information content (AvgIpc) is 2.28. The SMILES string of the molecule is C#CCCCCNS(=O)(=O)c1ccc(Cl)cc1N. The number of rotatable bonds is 6. The molecular formula is C12H15ClN2O2S. The highest BCUT2D eigenvalue weighted by Crippen LogP contribution is 2.22. The van der Waals surface area contributed by atoms with E-state index in [9.17, 15) is 8.42 Å². The van der Waals surface area contributed by atoms with E-state index in [-0.39, 0.29) is 10.6 Å². The topological polar surface area (TPSA) is 72.2 Å². The maximum absolute atomic E-state index is 11.9. The number of hydrogen-bond acceptors (Lipinski definition) is 3. The lowest BCUT2D eigenvalue weighted by molar-refractivity contribution is 0.578. The molecule has 0 aliphatic rings. The fraction of sp³-hybridized carbons (Fsp3) is 0.333. The van der Waals surface area contributed by atoms with Crippen LogP contribution in [0, 0.1) is 12.3 Å². The molecule has 0 saturated carbocycles. The predicted octanol–water partition coefficient (Wildman–Crippen LogP) is 2.00. The summed E-state index contributed by atoms with van der Waals surface area (Å²) in [5, 5.41) is 0.403. The van der Waals surface area contributed by atoms with Gasteiger partial charge in [-0.15, -0.1) is 12.3 Å². The van der Waals surface area contributed by atoms with Crippen LogP contribution < -0.4 is 10.5 Å². The van der Waals surface area contributed by atoms with Crippen LogP contribution in [0.2, 0.25) is 5.02 Å². The summed E-state index contributed by atoms with van der Waals surface area (Å²) in [6.45, 7) is 0.339. The molecule has 1 aromatic rings. The number of nitrogens with two attached hydrogens (primary N) is 1. The van der Waals surface area contributed by atoms with Crippen LogP contribution in [0.4, 0.5) is 5.69 Å². The Balaban J connectivity index is 2.66. The van der Waals surface area contributed by atoms with Crippen LogP contribution in [-0.2, 0) is 10.0 Å². The largest absolute Gasteiger partial charge is 0.398 e. The van der Waals surface area contributed by atoms with E-state index in [1.807, 2.05) is 0 Å². The number of unbranched alkanes of at least 4 members (excludes halogenated alkanes) is 2. The number of nitrogens with one attached hydrogen (secondary N) is 1. The summed E-state index contributed by atoms with van der Waals surface area (Å²) in [6, 6.07) is 4.29. The number of nitrogen functional groups attached to an aromatic ring is 1. The molecule has 0 unspecified atom stereocenters. The summed E-state index contributed by atoms with van der Waals surface area (Å²) in [7, 11) is -3.58. The molecule has 0 aliphatic carbocycles. The standard InChI is InChI=1S/C12H15ClN2O2S/c1-2-3-4-5-8-15-18(16,17)12-7-6-10(13)9-11(12)14/h1,6-7,9,15H,3-5,8,14H2. The van der Waals surface area contributed by atoms with Crippen molar-refractivity contribution in [2.24, 2.45) is 0 Å². The second kappa shape index (κ2) is 6.64.